The maximum absolute atomic E-state index is 10.5. The Balaban J connectivity index is 0.00000120. The van der Waals surface area contributed by atoms with Crippen molar-refractivity contribution < 1.29 is 14.6 Å². The number of fused-ring (bicyclic) bond motifs is 1. The van der Waals surface area contributed by atoms with Gasteiger partial charge in [-0.1, -0.05) is 6.07 Å². The summed E-state index contributed by atoms with van der Waals surface area (Å²) in [5, 5.41) is 28.0. The Morgan fingerprint density at radius 3 is 2.07 bits per heavy atom. The average Bonchev–Trinajstić information content (AvgIpc) is 3.41. The second-order valence-electron chi connectivity index (χ2n) is 6.57. The summed E-state index contributed by atoms with van der Waals surface area (Å²) in [7, 11) is 0. The van der Waals surface area contributed by atoms with Crippen LogP contribution in [-0.4, -0.2) is 48.1 Å². The first kappa shape index (κ1) is 20.8. The van der Waals surface area contributed by atoms with Gasteiger partial charge in [-0.3, -0.25) is 9.98 Å². The van der Waals surface area contributed by atoms with E-state index in [0.29, 0.717) is 16.9 Å². The standard InChI is InChI=1S/C20H18N4O3.2ClH/c25-15-8-11(19-21-3-4-22-19)1-2-14(15)17-10-12-7-13(20-23-5-6-24-20)9-16(26)18(12)27-17;;/h1-2,7-10,25-26H,3-6H2,(H,21,22)(H,23,24);2*1H. The molecule has 0 saturated heterocycles. The van der Waals surface area contributed by atoms with Gasteiger partial charge in [0.05, 0.1) is 18.7 Å². The van der Waals surface area contributed by atoms with Crippen LogP contribution in [0.1, 0.15) is 11.1 Å². The molecule has 0 atom stereocenters. The molecule has 0 amide bonds. The molecule has 152 valence electrons. The molecule has 3 aromatic rings. The number of nitrogens with zero attached hydrogens (tertiary/aromatic N) is 2. The van der Waals surface area contributed by atoms with Crippen molar-refractivity contribution in [3.63, 3.8) is 0 Å². The van der Waals surface area contributed by atoms with E-state index in [4.69, 9.17) is 4.42 Å². The average molecular weight is 435 g/mol. The largest absolute Gasteiger partial charge is 0.507 e. The van der Waals surface area contributed by atoms with Crippen LogP contribution in [0.15, 0.2) is 50.8 Å². The quantitative estimate of drug-likeness (QED) is 0.507. The first-order valence-electron chi connectivity index (χ1n) is 8.86. The highest BCUT2D eigenvalue weighted by Crippen LogP contribution is 2.37. The Labute approximate surface area is 179 Å². The molecule has 3 heterocycles. The van der Waals surface area contributed by atoms with E-state index in [2.05, 4.69) is 20.6 Å². The van der Waals surface area contributed by atoms with Gasteiger partial charge < -0.3 is 25.3 Å². The highest BCUT2D eigenvalue weighted by atomic mass is 35.5. The zero-order valence-corrected chi connectivity index (χ0v) is 16.9. The third kappa shape index (κ3) is 3.71. The monoisotopic (exact) mass is 434 g/mol. The topological polar surface area (TPSA) is 102 Å². The lowest BCUT2D eigenvalue weighted by molar-refractivity contribution is 0.463. The molecule has 0 unspecified atom stereocenters. The van der Waals surface area contributed by atoms with E-state index in [0.717, 1.165) is 54.4 Å². The molecule has 1 aromatic heterocycles. The van der Waals surface area contributed by atoms with Crippen LogP contribution in [0.5, 0.6) is 11.5 Å². The van der Waals surface area contributed by atoms with Crippen molar-refractivity contribution in [1.82, 2.24) is 10.6 Å². The Bertz CT molecular complexity index is 1120. The van der Waals surface area contributed by atoms with Crippen LogP contribution >= 0.6 is 24.8 Å². The summed E-state index contributed by atoms with van der Waals surface area (Å²) in [6.45, 7) is 3.07. The lowest BCUT2D eigenvalue weighted by atomic mass is 10.1. The molecule has 0 fully saturated rings. The highest BCUT2D eigenvalue weighted by Gasteiger charge is 2.18. The normalized spacial score (nSPS) is 15.0. The van der Waals surface area contributed by atoms with Crippen molar-refractivity contribution in [2.45, 2.75) is 0 Å². The van der Waals surface area contributed by atoms with Crippen molar-refractivity contribution in [3.05, 3.63) is 47.5 Å². The van der Waals surface area contributed by atoms with Crippen molar-refractivity contribution in [1.29, 1.82) is 0 Å². The van der Waals surface area contributed by atoms with Crippen LogP contribution in [0.2, 0.25) is 0 Å². The molecule has 2 aromatic carbocycles. The number of hydrogen-bond acceptors (Lipinski definition) is 7. The molecule has 5 rings (SSSR count). The summed E-state index contributed by atoms with van der Waals surface area (Å²) in [6.07, 6.45) is 0. The van der Waals surface area contributed by atoms with Gasteiger partial charge in [-0.05, 0) is 30.3 Å². The van der Waals surface area contributed by atoms with E-state index >= 15 is 0 Å². The van der Waals surface area contributed by atoms with Gasteiger partial charge in [0.1, 0.15) is 23.2 Å². The van der Waals surface area contributed by atoms with Gasteiger partial charge in [0, 0.05) is 29.6 Å². The predicted octanol–water partition coefficient (Wildman–Crippen LogP) is 3.05. The van der Waals surface area contributed by atoms with Crippen LogP contribution in [0, 0.1) is 0 Å². The molecule has 9 heteroatoms. The fourth-order valence-corrected chi connectivity index (χ4v) is 3.47. The minimum Gasteiger partial charge on any atom is -0.507 e. The van der Waals surface area contributed by atoms with E-state index in [9.17, 15) is 10.2 Å². The summed E-state index contributed by atoms with van der Waals surface area (Å²) in [5.41, 5.74) is 2.60. The molecule has 0 spiro atoms. The number of amidine groups is 2. The van der Waals surface area contributed by atoms with Crippen LogP contribution < -0.4 is 10.6 Å². The lowest BCUT2D eigenvalue weighted by Gasteiger charge is -2.06. The summed E-state index contributed by atoms with van der Waals surface area (Å²) in [6, 6.07) is 10.7. The van der Waals surface area contributed by atoms with E-state index < -0.39 is 0 Å². The Morgan fingerprint density at radius 2 is 1.45 bits per heavy atom. The third-order valence-electron chi connectivity index (χ3n) is 4.76. The number of phenolic OH excluding ortho intramolecular Hbond substituents is 2. The van der Waals surface area contributed by atoms with Gasteiger partial charge in [0.25, 0.3) is 0 Å². The predicted molar refractivity (Wildman–Crippen MR) is 118 cm³/mol. The first-order chi connectivity index (χ1) is 13.2. The van der Waals surface area contributed by atoms with Crippen LogP contribution in [0.4, 0.5) is 0 Å². The summed E-state index contributed by atoms with van der Waals surface area (Å²) in [5.74, 6) is 2.19. The number of rotatable bonds is 3. The molecule has 0 bridgehead atoms. The van der Waals surface area contributed by atoms with Crippen LogP contribution in [-0.2, 0) is 0 Å². The molecule has 2 aliphatic rings. The fraction of sp³-hybridized carbons (Fsp3) is 0.200. The molecule has 2 aliphatic heterocycles. The molecule has 0 radical (unpaired) electrons. The molecule has 29 heavy (non-hydrogen) atoms. The SMILES string of the molecule is Cl.Cl.Oc1cc(C2=NCCN2)ccc1-c1cc2cc(C3=NCCN3)cc(O)c2o1. The van der Waals surface area contributed by atoms with Crippen molar-refractivity contribution in [2.24, 2.45) is 9.98 Å². The maximum Gasteiger partial charge on any atom is 0.176 e. The second kappa shape index (κ2) is 8.23. The zero-order chi connectivity index (χ0) is 18.4. The van der Waals surface area contributed by atoms with Gasteiger partial charge >= 0.3 is 0 Å². The number of nitrogens with one attached hydrogen (secondary N) is 2. The molecule has 0 aliphatic carbocycles. The second-order valence-corrected chi connectivity index (χ2v) is 6.57. The molecule has 4 N–H and O–H groups in total. The lowest BCUT2D eigenvalue weighted by Crippen LogP contribution is -2.19. The number of phenols is 2. The number of furan rings is 1. The highest BCUT2D eigenvalue weighted by molar-refractivity contribution is 6.04. The Morgan fingerprint density at radius 1 is 0.793 bits per heavy atom. The van der Waals surface area contributed by atoms with Gasteiger partial charge in [-0.15, -0.1) is 24.8 Å². The summed E-state index contributed by atoms with van der Waals surface area (Å²) < 4.78 is 5.83. The number of aliphatic imine (C=N–C) groups is 2. The van der Waals surface area contributed by atoms with Crippen molar-refractivity contribution >= 4 is 47.5 Å². The molecular formula is C20H20Cl2N4O3. The third-order valence-corrected chi connectivity index (χ3v) is 4.76. The smallest absolute Gasteiger partial charge is 0.176 e. The minimum atomic E-state index is 0. The number of benzene rings is 2. The Hall–Kier alpha value is -2.90. The molecular weight excluding hydrogens is 415 g/mol. The number of aromatic hydroxyl groups is 2. The van der Waals surface area contributed by atoms with Crippen molar-refractivity contribution in [2.75, 3.05) is 26.2 Å². The van der Waals surface area contributed by atoms with Crippen LogP contribution in [0.3, 0.4) is 0 Å². The molecule has 7 nitrogen and oxygen atoms in total. The summed E-state index contributed by atoms with van der Waals surface area (Å²) >= 11 is 0. The van der Waals surface area contributed by atoms with Gasteiger partial charge in [0.2, 0.25) is 0 Å². The van der Waals surface area contributed by atoms with Gasteiger partial charge in [-0.25, -0.2) is 0 Å². The summed E-state index contributed by atoms with van der Waals surface area (Å²) in [4.78, 5) is 8.75. The van der Waals surface area contributed by atoms with Gasteiger partial charge in [0.15, 0.2) is 11.3 Å². The van der Waals surface area contributed by atoms with E-state index in [1.807, 2.05) is 18.2 Å². The van der Waals surface area contributed by atoms with Crippen molar-refractivity contribution in [3.8, 4) is 22.8 Å². The van der Waals surface area contributed by atoms with E-state index in [1.165, 1.54) is 0 Å². The first-order valence-corrected chi connectivity index (χ1v) is 8.86. The van der Waals surface area contributed by atoms with E-state index in [1.54, 1.807) is 18.2 Å². The number of halogens is 2. The van der Waals surface area contributed by atoms with Gasteiger partial charge in [-0.2, -0.15) is 0 Å². The minimum absolute atomic E-state index is 0. The molecule has 0 saturated carbocycles. The van der Waals surface area contributed by atoms with E-state index in [-0.39, 0.29) is 36.3 Å². The zero-order valence-electron chi connectivity index (χ0n) is 15.3. The Kier molecular flexibility index (Phi) is 5.91. The maximum atomic E-state index is 10.5. The van der Waals surface area contributed by atoms with Crippen LogP contribution in [0.25, 0.3) is 22.3 Å². The number of hydrogen-bond donors (Lipinski definition) is 4. The fourth-order valence-electron chi connectivity index (χ4n) is 3.47.